The molecule has 2 rings (SSSR count). The van der Waals surface area contributed by atoms with E-state index < -0.39 is 0 Å². The molecule has 1 aliphatic heterocycles. The van der Waals surface area contributed by atoms with Crippen molar-refractivity contribution in [2.75, 3.05) is 33.4 Å². The Kier molecular flexibility index (Phi) is 51.9. The summed E-state index contributed by atoms with van der Waals surface area (Å²) in [5.74, 6) is 2.97. The number of ether oxygens (including phenoxy) is 3. The highest BCUT2D eigenvalue weighted by atomic mass is 16.5. The number of likely N-dealkylation sites (tertiary alicyclic amines) is 1. The number of benzene rings is 1. The van der Waals surface area contributed by atoms with Crippen LogP contribution in [0.25, 0.3) is 0 Å². The molecule has 0 spiro atoms. The Bertz CT molecular complexity index is 1220. The van der Waals surface area contributed by atoms with E-state index in [0.717, 1.165) is 62.9 Å². The van der Waals surface area contributed by atoms with Crippen molar-refractivity contribution in [3.63, 3.8) is 0 Å². The van der Waals surface area contributed by atoms with Gasteiger partial charge in [-0.05, 0) is 45.7 Å². The molecule has 0 amide bonds. The Morgan fingerprint density at radius 1 is 0.307 bits per heavy atom. The zero-order valence-corrected chi connectivity index (χ0v) is 51.8. The lowest BCUT2D eigenvalue weighted by Gasteiger charge is -2.26. The van der Waals surface area contributed by atoms with Crippen molar-refractivity contribution in [3.8, 4) is 17.2 Å². The molecule has 1 aromatic carbocycles. The molecule has 0 aromatic heterocycles. The second-order valence-electron chi connectivity index (χ2n) is 24.5. The zero-order chi connectivity index (χ0) is 53.4. The Balaban J connectivity index is 1.74. The second kappa shape index (κ2) is 55.9. The van der Waals surface area contributed by atoms with Gasteiger partial charge in [0.05, 0.1) is 25.4 Å². The Morgan fingerprint density at radius 3 is 0.733 bits per heavy atom. The third-order valence-electron chi connectivity index (χ3n) is 17.2. The minimum absolute atomic E-state index is 0.347. The molecule has 0 N–H and O–H groups in total. The number of rotatable bonds is 61. The van der Waals surface area contributed by atoms with Crippen LogP contribution in [-0.2, 0) is 0 Å². The fourth-order valence-corrected chi connectivity index (χ4v) is 12.1. The average molecular weight is 1050 g/mol. The molecule has 4 nitrogen and oxygen atoms in total. The normalized spacial score (nSPS) is 13.9. The van der Waals surface area contributed by atoms with Crippen LogP contribution in [0.2, 0.25) is 0 Å². The van der Waals surface area contributed by atoms with E-state index in [0.29, 0.717) is 6.04 Å². The van der Waals surface area contributed by atoms with Gasteiger partial charge >= 0.3 is 0 Å². The summed E-state index contributed by atoms with van der Waals surface area (Å²) in [6, 6.07) is 4.81. The van der Waals surface area contributed by atoms with Crippen molar-refractivity contribution < 1.29 is 14.2 Å². The maximum atomic E-state index is 6.81. The Labute approximate surface area is 471 Å². The van der Waals surface area contributed by atoms with Gasteiger partial charge in [-0.1, -0.05) is 348 Å². The van der Waals surface area contributed by atoms with E-state index in [9.17, 15) is 0 Å². The molecule has 75 heavy (non-hydrogen) atoms. The molecule has 0 aliphatic carbocycles. The maximum absolute atomic E-state index is 6.81. The van der Waals surface area contributed by atoms with E-state index in [4.69, 9.17) is 14.2 Å². The minimum Gasteiger partial charge on any atom is -0.493 e. The molecule has 1 aromatic rings. The number of hydrogen-bond donors (Lipinski definition) is 0. The van der Waals surface area contributed by atoms with Gasteiger partial charge in [-0.2, -0.15) is 0 Å². The topological polar surface area (TPSA) is 30.9 Å². The van der Waals surface area contributed by atoms with Gasteiger partial charge in [-0.15, -0.1) is 0 Å². The summed E-state index contributed by atoms with van der Waals surface area (Å²) >= 11 is 0. The highest BCUT2D eigenvalue weighted by Gasteiger charge is 2.30. The van der Waals surface area contributed by atoms with Crippen molar-refractivity contribution in [3.05, 3.63) is 17.7 Å². The summed E-state index contributed by atoms with van der Waals surface area (Å²) in [5, 5.41) is 0. The van der Waals surface area contributed by atoms with E-state index in [-0.39, 0.29) is 0 Å². The molecule has 4 heteroatoms. The number of hydrogen-bond acceptors (Lipinski definition) is 4. The van der Waals surface area contributed by atoms with Crippen molar-refractivity contribution >= 4 is 0 Å². The highest BCUT2D eigenvalue weighted by molar-refractivity contribution is 5.52. The highest BCUT2D eigenvalue weighted by Crippen LogP contribution is 2.45. The molecule has 1 saturated heterocycles. The smallest absolute Gasteiger partial charge is 0.131 e. The summed E-state index contributed by atoms with van der Waals surface area (Å²) in [5.41, 5.74) is 1.28. The van der Waals surface area contributed by atoms with Gasteiger partial charge in [0.15, 0.2) is 0 Å². The van der Waals surface area contributed by atoms with E-state index in [1.54, 1.807) is 0 Å². The SMILES string of the molecule is CCCCCCCCCCCCCCCCCCCCOc1cc(OCCCCCCCCCCCCCCCCCCCC)c(C2CCCN2C)c(OCCCCCCCCCCCCCCCCCCCC)c1. The third-order valence-corrected chi connectivity index (χ3v) is 17.2. The fraction of sp³-hybridized carbons (Fsp3) is 0.915. The van der Waals surface area contributed by atoms with Gasteiger partial charge in [0.1, 0.15) is 17.2 Å². The van der Waals surface area contributed by atoms with Crippen molar-refractivity contribution in [2.24, 2.45) is 0 Å². The van der Waals surface area contributed by atoms with Crippen LogP contribution >= 0.6 is 0 Å². The molecular formula is C71H135NO3. The first-order valence-electron chi connectivity index (χ1n) is 35.0. The molecule has 0 saturated carbocycles. The summed E-state index contributed by atoms with van der Waals surface area (Å²) in [7, 11) is 2.29. The first-order chi connectivity index (χ1) is 37.2. The molecular weight excluding hydrogens is 915 g/mol. The molecule has 1 atom stereocenters. The van der Waals surface area contributed by atoms with Crippen LogP contribution in [0.4, 0.5) is 0 Å². The summed E-state index contributed by atoms with van der Waals surface area (Å²) in [4.78, 5) is 2.53. The van der Waals surface area contributed by atoms with Gasteiger partial charge in [0.25, 0.3) is 0 Å². The average Bonchev–Trinajstić information content (AvgIpc) is 3.85. The molecule has 0 bridgehead atoms. The minimum atomic E-state index is 0.347. The molecule has 442 valence electrons. The van der Waals surface area contributed by atoms with Crippen LogP contribution in [0.1, 0.15) is 392 Å². The van der Waals surface area contributed by atoms with Gasteiger partial charge in [-0.3, -0.25) is 4.90 Å². The van der Waals surface area contributed by atoms with Gasteiger partial charge in [0.2, 0.25) is 0 Å². The lowest BCUT2D eigenvalue weighted by molar-refractivity contribution is 0.249. The Morgan fingerprint density at radius 2 is 0.520 bits per heavy atom. The lowest BCUT2D eigenvalue weighted by atomic mass is 10.0. The zero-order valence-electron chi connectivity index (χ0n) is 51.8. The van der Waals surface area contributed by atoms with E-state index in [1.807, 2.05) is 0 Å². The molecule has 1 aliphatic rings. The molecule has 1 unspecified atom stereocenters. The van der Waals surface area contributed by atoms with Crippen LogP contribution in [-0.4, -0.2) is 38.3 Å². The molecule has 1 fully saturated rings. The monoisotopic (exact) mass is 1050 g/mol. The summed E-state index contributed by atoms with van der Waals surface area (Å²) in [6.07, 6.45) is 78.0. The lowest BCUT2D eigenvalue weighted by Crippen LogP contribution is -2.20. The summed E-state index contributed by atoms with van der Waals surface area (Å²) in [6.45, 7) is 10.4. The van der Waals surface area contributed by atoms with Crippen LogP contribution < -0.4 is 14.2 Å². The van der Waals surface area contributed by atoms with Crippen LogP contribution in [0, 0.1) is 0 Å². The maximum Gasteiger partial charge on any atom is 0.131 e. The van der Waals surface area contributed by atoms with E-state index >= 15 is 0 Å². The van der Waals surface area contributed by atoms with Crippen molar-refractivity contribution in [1.82, 2.24) is 4.90 Å². The number of unbranched alkanes of at least 4 members (excludes halogenated alkanes) is 51. The van der Waals surface area contributed by atoms with E-state index in [1.165, 1.54) is 346 Å². The number of nitrogens with zero attached hydrogens (tertiary/aromatic N) is 1. The van der Waals surface area contributed by atoms with Gasteiger partial charge in [0, 0.05) is 18.2 Å². The Hall–Kier alpha value is -1.42. The summed E-state index contributed by atoms with van der Waals surface area (Å²) < 4.78 is 20.2. The predicted molar refractivity (Wildman–Crippen MR) is 334 cm³/mol. The first-order valence-corrected chi connectivity index (χ1v) is 35.0. The second-order valence-corrected chi connectivity index (χ2v) is 24.5. The van der Waals surface area contributed by atoms with Crippen LogP contribution in [0.5, 0.6) is 17.2 Å². The van der Waals surface area contributed by atoms with E-state index in [2.05, 4.69) is 44.9 Å². The van der Waals surface area contributed by atoms with Crippen molar-refractivity contribution in [2.45, 2.75) is 386 Å². The standard InChI is InChI=1S/C71H135NO3/c1-5-8-11-14-17-20-23-26-29-32-35-38-41-44-47-50-53-56-62-73-67-65-69(74-63-57-54-51-48-45-42-39-36-33-30-27-24-21-18-15-12-9-6-2)71(68-60-59-61-72(68)4)70(66-67)75-64-58-55-52-49-46-43-40-37-34-31-28-25-22-19-16-13-10-7-3/h65-66,68H,5-64H2,1-4H3. The van der Waals surface area contributed by atoms with Gasteiger partial charge < -0.3 is 14.2 Å². The largest absolute Gasteiger partial charge is 0.493 e. The third kappa shape index (κ3) is 43.1. The first kappa shape index (κ1) is 69.7. The van der Waals surface area contributed by atoms with Gasteiger partial charge in [-0.25, -0.2) is 0 Å². The fourth-order valence-electron chi connectivity index (χ4n) is 12.1. The predicted octanol–water partition coefficient (Wildman–Crippen LogP) is 24.7. The molecule has 0 radical (unpaired) electrons. The van der Waals surface area contributed by atoms with Crippen LogP contribution in [0.15, 0.2) is 12.1 Å². The quantitative estimate of drug-likeness (QED) is 0.0609. The molecule has 1 heterocycles. The van der Waals surface area contributed by atoms with Crippen molar-refractivity contribution in [1.29, 1.82) is 0 Å². The van der Waals surface area contributed by atoms with Crippen LogP contribution in [0.3, 0.4) is 0 Å².